The number of rotatable bonds is 5. The fourth-order valence-electron chi connectivity index (χ4n) is 1.74. The quantitative estimate of drug-likeness (QED) is 0.609. The highest BCUT2D eigenvalue weighted by Gasteiger charge is 2.19. The van der Waals surface area contributed by atoms with Gasteiger partial charge in [-0.1, -0.05) is 13.0 Å². The van der Waals surface area contributed by atoms with Crippen molar-refractivity contribution in [2.75, 3.05) is 14.2 Å². The summed E-state index contributed by atoms with van der Waals surface area (Å²) in [5.41, 5.74) is 1.31. The molecule has 0 fully saturated rings. The molecule has 0 bridgehead atoms. The van der Waals surface area contributed by atoms with Crippen molar-refractivity contribution in [3.8, 4) is 11.5 Å². The van der Waals surface area contributed by atoms with Crippen LogP contribution in [-0.4, -0.2) is 20.0 Å². The van der Waals surface area contributed by atoms with Gasteiger partial charge in [0, 0.05) is 0 Å². The Kier molecular flexibility index (Phi) is 5.41. The SMILES string of the molecule is C/C=C(/CC)C(=O)c1ccc(OC)c(Br)c1OC. The van der Waals surface area contributed by atoms with E-state index in [0.29, 0.717) is 28.0 Å². The molecular formula is C14H17BrO3. The first-order valence-corrected chi connectivity index (χ1v) is 6.50. The van der Waals surface area contributed by atoms with E-state index in [9.17, 15) is 4.79 Å². The van der Waals surface area contributed by atoms with Crippen molar-refractivity contribution in [3.63, 3.8) is 0 Å². The maximum Gasteiger partial charge on any atom is 0.192 e. The summed E-state index contributed by atoms with van der Waals surface area (Å²) in [5, 5.41) is 0. The molecule has 0 atom stereocenters. The number of hydrogen-bond donors (Lipinski definition) is 0. The minimum Gasteiger partial charge on any atom is -0.495 e. The van der Waals surface area contributed by atoms with E-state index in [1.165, 1.54) is 7.11 Å². The summed E-state index contributed by atoms with van der Waals surface area (Å²) >= 11 is 3.39. The molecule has 0 aromatic heterocycles. The Balaban J connectivity index is 3.34. The summed E-state index contributed by atoms with van der Waals surface area (Å²) < 4.78 is 11.1. The molecule has 1 aromatic rings. The lowest BCUT2D eigenvalue weighted by atomic mass is 10.0. The molecule has 0 heterocycles. The largest absolute Gasteiger partial charge is 0.495 e. The average molecular weight is 313 g/mol. The lowest BCUT2D eigenvalue weighted by Crippen LogP contribution is -2.06. The Morgan fingerprint density at radius 3 is 2.44 bits per heavy atom. The summed E-state index contributed by atoms with van der Waals surface area (Å²) in [6.45, 7) is 3.82. The first-order valence-electron chi connectivity index (χ1n) is 5.71. The molecule has 0 aliphatic carbocycles. The van der Waals surface area contributed by atoms with Crippen LogP contribution < -0.4 is 9.47 Å². The maximum absolute atomic E-state index is 12.3. The van der Waals surface area contributed by atoms with Gasteiger partial charge in [-0.2, -0.15) is 0 Å². The van der Waals surface area contributed by atoms with Crippen LogP contribution in [-0.2, 0) is 0 Å². The van der Waals surface area contributed by atoms with Crippen LogP contribution in [0.4, 0.5) is 0 Å². The topological polar surface area (TPSA) is 35.5 Å². The third-order valence-corrected chi connectivity index (χ3v) is 3.50. The molecule has 0 unspecified atom stereocenters. The maximum atomic E-state index is 12.3. The lowest BCUT2D eigenvalue weighted by molar-refractivity contribution is 0.102. The molecule has 0 aliphatic rings. The Hall–Kier alpha value is -1.29. The fourth-order valence-corrected chi connectivity index (χ4v) is 2.41. The van der Waals surface area contributed by atoms with Gasteiger partial charge in [0.15, 0.2) is 5.78 Å². The Bertz CT molecular complexity index is 478. The molecule has 1 rings (SSSR count). The van der Waals surface area contributed by atoms with Crippen LogP contribution in [0.3, 0.4) is 0 Å². The molecule has 4 heteroatoms. The number of ether oxygens (including phenoxy) is 2. The van der Waals surface area contributed by atoms with E-state index in [-0.39, 0.29) is 5.78 Å². The van der Waals surface area contributed by atoms with Crippen molar-refractivity contribution in [2.45, 2.75) is 20.3 Å². The summed E-state index contributed by atoms with van der Waals surface area (Å²) in [5.74, 6) is 1.13. The number of halogens is 1. The molecule has 98 valence electrons. The van der Waals surface area contributed by atoms with E-state index < -0.39 is 0 Å². The van der Waals surface area contributed by atoms with Crippen molar-refractivity contribution in [1.29, 1.82) is 0 Å². The summed E-state index contributed by atoms with van der Waals surface area (Å²) in [7, 11) is 3.11. The number of carbonyl (C=O) groups excluding carboxylic acids is 1. The molecule has 1 aromatic carbocycles. The molecule has 18 heavy (non-hydrogen) atoms. The normalized spacial score (nSPS) is 11.3. The minimum absolute atomic E-state index is 0.0137. The van der Waals surface area contributed by atoms with Gasteiger partial charge in [-0.25, -0.2) is 0 Å². The summed E-state index contributed by atoms with van der Waals surface area (Å²) in [6.07, 6.45) is 2.53. The zero-order valence-electron chi connectivity index (χ0n) is 11.0. The van der Waals surface area contributed by atoms with E-state index in [1.54, 1.807) is 19.2 Å². The molecule has 3 nitrogen and oxygen atoms in total. The van der Waals surface area contributed by atoms with Crippen molar-refractivity contribution in [1.82, 2.24) is 0 Å². The van der Waals surface area contributed by atoms with E-state index >= 15 is 0 Å². The third kappa shape index (κ3) is 2.75. The van der Waals surface area contributed by atoms with Crippen molar-refractivity contribution in [2.24, 2.45) is 0 Å². The molecule has 0 radical (unpaired) electrons. The highest BCUT2D eigenvalue weighted by atomic mass is 79.9. The zero-order valence-corrected chi connectivity index (χ0v) is 12.6. The summed E-state index contributed by atoms with van der Waals surface area (Å²) in [6, 6.07) is 3.48. The first-order chi connectivity index (χ1) is 8.60. The highest BCUT2D eigenvalue weighted by Crippen LogP contribution is 2.38. The molecular weight excluding hydrogens is 296 g/mol. The monoisotopic (exact) mass is 312 g/mol. The number of benzene rings is 1. The van der Waals surface area contributed by atoms with Crippen molar-refractivity contribution < 1.29 is 14.3 Å². The van der Waals surface area contributed by atoms with Crippen LogP contribution in [0.1, 0.15) is 30.6 Å². The standard InChI is InChI=1S/C14H17BrO3/c1-5-9(6-2)13(16)10-7-8-11(17-3)12(15)14(10)18-4/h5,7-8H,6H2,1-4H3/b9-5-. The lowest BCUT2D eigenvalue weighted by Gasteiger charge is -2.13. The molecule has 0 saturated carbocycles. The van der Waals surface area contributed by atoms with Gasteiger partial charge in [0.2, 0.25) is 0 Å². The van der Waals surface area contributed by atoms with Gasteiger partial charge >= 0.3 is 0 Å². The Labute approximate surface area is 116 Å². The predicted molar refractivity (Wildman–Crippen MR) is 75.6 cm³/mol. The molecule has 0 N–H and O–H groups in total. The Morgan fingerprint density at radius 2 is 2.00 bits per heavy atom. The molecule has 0 aliphatic heterocycles. The van der Waals surface area contributed by atoms with E-state index in [4.69, 9.17) is 9.47 Å². The molecule has 0 amide bonds. The van der Waals surface area contributed by atoms with E-state index in [2.05, 4.69) is 15.9 Å². The van der Waals surface area contributed by atoms with Gasteiger partial charge in [-0.3, -0.25) is 4.79 Å². The minimum atomic E-state index is -0.0137. The van der Waals surface area contributed by atoms with Crippen LogP contribution in [0.5, 0.6) is 11.5 Å². The number of ketones is 1. The van der Waals surface area contributed by atoms with Gasteiger partial charge in [-0.05, 0) is 47.0 Å². The van der Waals surface area contributed by atoms with Crippen LogP contribution in [0, 0.1) is 0 Å². The van der Waals surface area contributed by atoms with Gasteiger partial charge in [-0.15, -0.1) is 0 Å². The number of hydrogen-bond acceptors (Lipinski definition) is 3. The second-order valence-corrected chi connectivity index (χ2v) is 4.45. The van der Waals surface area contributed by atoms with Crippen LogP contribution in [0.15, 0.2) is 28.3 Å². The number of methoxy groups -OCH3 is 2. The Morgan fingerprint density at radius 1 is 1.33 bits per heavy atom. The van der Waals surface area contributed by atoms with Crippen molar-refractivity contribution in [3.05, 3.63) is 33.8 Å². The smallest absolute Gasteiger partial charge is 0.192 e. The number of Topliss-reactive ketones (excluding diaryl/α,β-unsaturated/α-hetero) is 1. The zero-order chi connectivity index (χ0) is 13.7. The average Bonchev–Trinajstić information content (AvgIpc) is 2.39. The second kappa shape index (κ2) is 6.59. The van der Waals surface area contributed by atoms with Crippen LogP contribution in [0.2, 0.25) is 0 Å². The van der Waals surface area contributed by atoms with Gasteiger partial charge in [0.25, 0.3) is 0 Å². The van der Waals surface area contributed by atoms with Crippen LogP contribution in [0.25, 0.3) is 0 Å². The predicted octanol–water partition coefficient (Wildman–Crippen LogP) is 4.01. The fraction of sp³-hybridized carbons (Fsp3) is 0.357. The first kappa shape index (κ1) is 14.8. The number of carbonyl (C=O) groups is 1. The third-order valence-electron chi connectivity index (χ3n) is 2.75. The van der Waals surface area contributed by atoms with E-state index in [0.717, 1.165) is 5.57 Å². The molecule has 0 saturated heterocycles. The summed E-state index contributed by atoms with van der Waals surface area (Å²) in [4.78, 5) is 12.3. The van der Waals surface area contributed by atoms with Gasteiger partial charge < -0.3 is 9.47 Å². The van der Waals surface area contributed by atoms with Crippen LogP contribution >= 0.6 is 15.9 Å². The second-order valence-electron chi connectivity index (χ2n) is 3.66. The highest BCUT2D eigenvalue weighted by molar-refractivity contribution is 9.10. The van der Waals surface area contributed by atoms with Gasteiger partial charge in [0.05, 0.1) is 19.8 Å². The van der Waals surface area contributed by atoms with Crippen molar-refractivity contribution >= 4 is 21.7 Å². The number of allylic oxidation sites excluding steroid dienone is 2. The van der Waals surface area contributed by atoms with E-state index in [1.807, 2.05) is 19.9 Å². The van der Waals surface area contributed by atoms with Gasteiger partial charge in [0.1, 0.15) is 16.0 Å². The molecule has 0 spiro atoms.